The van der Waals surface area contributed by atoms with Crippen molar-refractivity contribution in [2.75, 3.05) is 19.7 Å². The van der Waals surface area contributed by atoms with E-state index in [1.807, 2.05) is 5.01 Å². The zero-order valence-electron chi connectivity index (χ0n) is 6.55. The van der Waals surface area contributed by atoms with Crippen LogP contribution in [0.4, 0.5) is 0 Å². The number of carbonyl (C=O) groups is 1. The van der Waals surface area contributed by atoms with Crippen LogP contribution in [-0.4, -0.2) is 35.7 Å². The Kier molecular flexibility index (Phi) is 3.32. The molecule has 0 aromatic carbocycles. The Hall–Kier alpha value is -0.610. The van der Waals surface area contributed by atoms with Gasteiger partial charge in [0.2, 0.25) is 0 Å². The molecule has 1 heterocycles. The van der Waals surface area contributed by atoms with E-state index < -0.39 is 6.61 Å². The molecule has 1 aliphatic heterocycles. The highest BCUT2D eigenvalue weighted by Crippen LogP contribution is 2.05. The van der Waals surface area contributed by atoms with Crippen molar-refractivity contribution in [2.45, 2.75) is 19.3 Å². The molecule has 0 radical (unpaired) electrons. The van der Waals surface area contributed by atoms with Crippen molar-refractivity contribution >= 4 is 5.91 Å². The summed E-state index contributed by atoms with van der Waals surface area (Å²) >= 11 is 0. The van der Waals surface area contributed by atoms with Gasteiger partial charge < -0.3 is 5.11 Å². The summed E-state index contributed by atoms with van der Waals surface area (Å²) in [5, 5.41) is 10.3. The monoisotopic (exact) mass is 158 g/mol. The van der Waals surface area contributed by atoms with Crippen molar-refractivity contribution < 1.29 is 9.90 Å². The van der Waals surface area contributed by atoms with Gasteiger partial charge in [-0.2, -0.15) is 0 Å². The molecule has 1 rings (SSSR count). The van der Waals surface area contributed by atoms with Crippen LogP contribution < -0.4 is 5.43 Å². The van der Waals surface area contributed by atoms with Crippen molar-refractivity contribution in [3.63, 3.8) is 0 Å². The second-order valence-electron chi connectivity index (χ2n) is 2.74. The first-order valence-corrected chi connectivity index (χ1v) is 3.98. The molecule has 1 amide bonds. The Morgan fingerprint density at radius 3 is 2.55 bits per heavy atom. The number of hydrazine groups is 1. The highest BCUT2D eigenvalue weighted by atomic mass is 16.3. The maximum absolute atomic E-state index is 10.7. The van der Waals surface area contributed by atoms with Gasteiger partial charge >= 0.3 is 0 Å². The van der Waals surface area contributed by atoms with E-state index in [1.54, 1.807) is 0 Å². The lowest BCUT2D eigenvalue weighted by atomic mass is 10.2. The minimum Gasteiger partial charge on any atom is -0.386 e. The van der Waals surface area contributed by atoms with Crippen LogP contribution in [0.2, 0.25) is 0 Å². The van der Waals surface area contributed by atoms with Crippen molar-refractivity contribution in [1.29, 1.82) is 0 Å². The molecule has 1 saturated heterocycles. The highest BCUT2D eigenvalue weighted by Gasteiger charge is 2.11. The number of aliphatic hydroxyl groups excluding tert-OH is 1. The molecular weight excluding hydrogens is 144 g/mol. The van der Waals surface area contributed by atoms with Crippen LogP contribution in [0.15, 0.2) is 0 Å². The summed E-state index contributed by atoms with van der Waals surface area (Å²) < 4.78 is 0. The SMILES string of the molecule is O=C(CO)NN1CCCCC1. The van der Waals surface area contributed by atoms with E-state index in [1.165, 1.54) is 6.42 Å². The molecule has 0 atom stereocenters. The molecule has 0 bridgehead atoms. The summed E-state index contributed by atoms with van der Waals surface area (Å²) in [6, 6.07) is 0. The number of carbonyl (C=O) groups excluding carboxylic acids is 1. The quantitative estimate of drug-likeness (QED) is 0.569. The van der Waals surface area contributed by atoms with Crippen molar-refractivity contribution in [1.82, 2.24) is 10.4 Å². The normalized spacial score (nSPS) is 19.7. The molecule has 11 heavy (non-hydrogen) atoms. The van der Waals surface area contributed by atoms with Gasteiger partial charge in [-0.15, -0.1) is 0 Å². The molecule has 0 spiro atoms. The number of nitrogens with zero attached hydrogens (tertiary/aromatic N) is 1. The fraction of sp³-hybridized carbons (Fsp3) is 0.857. The lowest BCUT2D eigenvalue weighted by Crippen LogP contribution is -2.46. The van der Waals surface area contributed by atoms with Gasteiger partial charge in [-0.3, -0.25) is 10.2 Å². The Balaban J connectivity index is 2.19. The Morgan fingerprint density at radius 1 is 1.36 bits per heavy atom. The van der Waals surface area contributed by atoms with Crippen LogP contribution in [0.25, 0.3) is 0 Å². The molecule has 0 aliphatic carbocycles. The van der Waals surface area contributed by atoms with Gasteiger partial charge in [-0.05, 0) is 12.8 Å². The number of amides is 1. The molecule has 1 aliphatic rings. The molecule has 4 heteroatoms. The van der Waals surface area contributed by atoms with Crippen LogP contribution in [0, 0.1) is 0 Å². The standard InChI is InChI=1S/C7H14N2O2/c10-6-7(11)8-9-4-2-1-3-5-9/h10H,1-6H2,(H,8,11). The minimum atomic E-state index is -0.420. The fourth-order valence-electron chi connectivity index (χ4n) is 1.22. The highest BCUT2D eigenvalue weighted by molar-refractivity contribution is 5.76. The van der Waals surface area contributed by atoms with Gasteiger partial charge in [-0.1, -0.05) is 6.42 Å². The van der Waals surface area contributed by atoms with Gasteiger partial charge in [0.15, 0.2) is 0 Å². The Morgan fingerprint density at radius 2 is 2.00 bits per heavy atom. The summed E-state index contributed by atoms with van der Waals surface area (Å²) in [6.45, 7) is 1.40. The summed E-state index contributed by atoms with van der Waals surface area (Å²) in [6.07, 6.45) is 3.50. The zero-order valence-corrected chi connectivity index (χ0v) is 6.55. The average Bonchev–Trinajstić information content (AvgIpc) is 2.06. The molecular formula is C7H14N2O2. The van der Waals surface area contributed by atoms with Gasteiger partial charge in [0.05, 0.1) is 0 Å². The van der Waals surface area contributed by atoms with E-state index >= 15 is 0 Å². The van der Waals surface area contributed by atoms with E-state index in [2.05, 4.69) is 5.43 Å². The Labute approximate surface area is 66.2 Å². The minimum absolute atomic E-state index is 0.313. The smallest absolute Gasteiger partial charge is 0.259 e. The lowest BCUT2D eigenvalue weighted by molar-refractivity contribution is -0.129. The van der Waals surface area contributed by atoms with Crippen molar-refractivity contribution in [2.24, 2.45) is 0 Å². The predicted molar refractivity (Wildman–Crippen MR) is 40.7 cm³/mol. The summed E-state index contributed by atoms with van der Waals surface area (Å²) in [4.78, 5) is 10.7. The fourth-order valence-corrected chi connectivity index (χ4v) is 1.22. The van der Waals surface area contributed by atoms with Crippen LogP contribution in [0.3, 0.4) is 0 Å². The largest absolute Gasteiger partial charge is 0.386 e. The van der Waals surface area contributed by atoms with E-state index in [0.717, 1.165) is 25.9 Å². The van der Waals surface area contributed by atoms with E-state index in [0.29, 0.717) is 0 Å². The third-order valence-electron chi connectivity index (χ3n) is 1.78. The molecule has 0 aromatic heterocycles. The first-order valence-electron chi connectivity index (χ1n) is 3.98. The van der Waals surface area contributed by atoms with Gasteiger partial charge in [0.25, 0.3) is 5.91 Å². The van der Waals surface area contributed by atoms with Crippen LogP contribution in [0.5, 0.6) is 0 Å². The Bertz CT molecular complexity index is 132. The number of hydrogen-bond donors (Lipinski definition) is 2. The molecule has 1 fully saturated rings. The molecule has 0 aromatic rings. The number of nitrogens with one attached hydrogen (secondary N) is 1. The predicted octanol–water partition coefficient (Wildman–Crippen LogP) is -0.504. The molecule has 4 nitrogen and oxygen atoms in total. The number of aliphatic hydroxyl groups is 1. The van der Waals surface area contributed by atoms with E-state index in [9.17, 15) is 4.79 Å². The van der Waals surface area contributed by atoms with Crippen LogP contribution >= 0.6 is 0 Å². The number of hydrogen-bond acceptors (Lipinski definition) is 3. The molecule has 0 saturated carbocycles. The second-order valence-corrected chi connectivity index (χ2v) is 2.74. The molecule has 64 valence electrons. The number of rotatable bonds is 2. The summed E-state index contributed by atoms with van der Waals surface area (Å²) in [7, 11) is 0. The third kappa shape index (κ3) is 2.86. The van der Waals surface area contributed by atoms with E-state index in [-0.39, 0.29) is 5.91 Å². The average molecular weight is 158 g/mol. The van der Waals surface area contributed by atoms with Crippen LogP contribution in [-0.2, 0) is 4.79 Å². The number of piperidine rings is 1. The first-order chi connectivity index (χ1) is 5.33. The lowest BCUT2D eigenvalue weighted by Gasteiger charge is -2.26. The topological polar surface area (TPSA) is 52.6 Å². The van der Waals surface area contributed by atoms with Gasteiger partial charge in [-0.25, -0.2) is 5.01 Å². The molecule has 0 unspecified atom stereocenters. The van der Waals surface area contributed by atoms with Gasteiger partial charge in [0.1, 0.15) is 6.61 Å². The summed E-state index contributed by atoms with van der Waals surface area (Å²) in [5.74, 6) is -0.313. The van der Waals surface area contributed by atoms with E-state index in [4.69, 9.17) is 5.11 Å². The van der Waals surface area contributed by atoms with Gasteiger partial charge in [0, 0.05) is 13.1 Å². The second kappa shape index (κ2) is 4.31. The third-order valence-corrected chi connectivity index (χ3v) is 1.78. The maximum Gasteiger partial charge on any atom is 0.259 e. The maximum atomic E-state index is 10.7. The van der Waals surface area contributed by atoms with Crippen molar-refractivity contribution in [3.8, 4) is 0 Å². The first kappa shape index (κ1) is 8.49. The van der Waals surface area contributed by atoms with Crippen LogP contribution in [0.1, 0.15) is 19.3 Å². The molecule has 2 N–H and O–H groups in total. The zero-order chi connectivity index (χ0) is 8.10. The van der Waals surface area contributed by atoms with Crippen molar-refractivity contribution in [3.05, 3.63) is 0 Å². The summed E-state index contributed by atoms with van der Waals surface area (Å²) in [5.41, 5.74) is 2.61.